The summed E-state index contributed by atoms with van der Waals surface area (Å²) in [5, 5.41) is 4.98. The van der Waals surface area contributed by atoms with Gasteiger partial charge >= 0.3 is 0 Å². The number of benzene rings is 1. The molecule has 0 heterocycles. The second-order valence-electron chi connectivity index (χ2n) is 4.90. The molecule has 0 radical (unpaired) electrons. The number of carbonyl (C=O) groups is 1. The van der Waals surface area contributed by atoms with Crippen molar-refractivity contribution in [1.82, 2.24) is 4.90 Å². The largest absolute Gasteiger partial charge is 0.336 e. The average molecular weight is 353 g/mol. The summed E-state index contributed by atoms with van der Waals surface area (Å²) < 4.78 is 23.0. The molecule has 21 heavy (non-hydrogen) atoms. The zero-order valence-corrected chi connectivity index (χ0v) is 14.4. The minimum Gasteiger partial charge on any atom is -0.336 e. The Labute approximate surface area is 135 Å². The zero-order valence-electron chi connectivity index (χ0n) is 12.1. The molecule has 0 aliphatic carbocycles. The van der Waals surface area contributed by atoms with Gasteiger partial charge < -0.3 is 4.90 Å². The maximum atomic E-state index is 12.6. The van der Waals surface area contributed by atoms with Gasteiger partial charge in [-0.1, -0.05) is 30.1 Å². The van der Waals surface area contributed by atoms with Crippen molar-refractivity contribution in [3.05, 3.63) is 27.7 Å². The highest BCUT2D eigenvalue weighted by atomic mass is 35.5. The molecular weight excluding hydrogens is 335 g/mol. The van der Waals surface area contributed by atoms with Gasteiger partial charge in [0.1, 0.15) is 4.90 Å². The van der Waals surface area contributed by atoms with Crippen LogP contribution in [0.2, 0.25) is 10.0 Å². The fourth-order valence-corrected chi connectivity index (χ4v) is 3.36. The van der Waals surface area contributed by atoms with Crippen molar-refractivity contribution in [1.29, 1.82) is 0 Å². The van der Waals surface area contributed by atoms with Gasteiger partial charge in [-0.2, -0.15) is 0 Å². The summed E-state index contributed by atoms with van der Waals surface area (Å²) in [5.74, 6) is -0.371. The lowest BCUT2D eigenvalue weighted by molar-refractivity contribution is 0.0706. The topological polar surface area (TPSA) is 80.5 Å². The maximum absolute atomic E-state index is 12.6. The van der Waals surface area contributed by atoms with E-state index >= 15 is 0 Å². The third-order valence-corrected chi connectivity index (χ3v) is 4.56. The number of rotatable bonds is 5. The van der Waals surface area contributed by atoms with Crippen molar-refractivity contribution in [2.24, 2.45) is 5.14 Å². The van der Waals surface area contributed by atoms with Crippen molar-refractivity contribution in [2.75, 3.05) is 6.54 Å². The standard InChI is InChI=1S/C13H18Cl2N2O3S/c1-4-5-17(8(2)3)13(18)10-6-9(14)7-11(12(10)15)21(16,19)20/h6-8H,4-5H2,1-3H3,(H2,16,19,20). The summed E-state index contributed by atoms with van der Waals surface area (Å²) in [6, 6.07) is 2.44. The highest BCUT2D eigenvalue weighted by Crippen LogP contribution is 2.30. The first-order valence-corrected chi connectivity index (χ1v) is 8.72. The summed E-state index contributed by atoms with van der Waals surface area (Å²) in [6.45, 7) is 6.21. The summed E-state index contributed by atoms with van der Waals surface area (Å²) >= 11 is 11.9. The van der Waals surface area contributed by atoms with E-state index in [9.17, 15) is 13.2 Å². The van der Waals surface area contributed by atoms with Gasteiger partial charge in [-0.05, 0) is 32.4 Å². The van der Waals surface area contributed by atoms with E-state index in [0.717, 1.165) is 12.5 Å². The molecule has 0 aromatic heterocycles. The fraction of sp³-hybridized carbons (Fsp3) is 0.462. The van der Waals surface area contributed by atoms with Gasteiger partial charge in [0, 0.05) is 17.6 Å². The first kappa shape index (κ1) is 18.2. The molecule has 5 nitrogen and oxygen atoms in total. The van der Waals surface area contributed by atoms with Gasteiger partial charge in [0.2, 0.25) is 10.0 Å². The number of carbonyl (C=O) groups excluding carboxylic acids is 1. The van der Waals surface area contributed by atoms with Crippen molar-refractivity contribution in [3.8, 4) is 0 Å². The van der Waals surface area contributed by atoms with Crippen LogP contribution in [0.5, 0.6) is 0 Å². The maximum Gasteiger partial charge on any atom is 0.255 e. The Morgan fingerprint density at radius 2 is 1.90 bits per heavy atom. The molecule has 0 aliphatic heterocycles. The summed E-state index contributed by atoms with van der Waals surface area (Å²) in [4.78, 5) is 13.8. The molecule has 0 saturated carbocycles. The average Bonchev–Trinajstić information content (AvgIpc) is 2.35. The van der Waals surface area contributed by atoms with Gasteiger partial charge in [0.25, 0.3) is 5.91 Å². The predicted molar refractivity (Wildman–Crippen MR) is 84.3 cm³/mol. The van der Waals surface area contributed by atoms with Gasteiger partial charge in [-0.15, -0.1) is 0 Å². The van der Waals surface area contributed by atoms with Crippen LogP contribution < -0.4 is 5.14 Å². The van der Waals surface area contributed by atoms with Crippen LogP contribution in [-0.4, -0.2) is 31.8 Å². The highest BCUT2D eigenvalue weighted by molar-refractivity contribution is 7.89. The van der Waals surface area contributed by atoms with Crippen LogP contribution in [0.4, 0.5) is 0 Å². The summed E-state index contributed by atoms with van der Waals surface area (Å²) in [7, 11) is -4.06. The molecular formula is C13H18Cl2N2O3S. The number of primary sulfonamides is 1. The lowest BCUT2D eigenvalue weighted by Crippen LogP contribution is -2.37. The lowest BCUT2D eigenvalue weighted by Gasteiger charge is -2.27. The van der Waals surface area contributed by atoms with E-state index in [1.807, 2.05) is 20.8 Å². The minimum atomic E-state index is -4.06. The zero-order chi connectivity index (χ0) is 16.4. The molecule has 0 atom stereocenters. The molecule has 1 aromatic rings. The number of nitrogens with two attached hydrogens (primary N) is 1. The third-order valence-electron chi connectivity index (χ3n) is 2.89. The van der Waals surface area contributed by atoms with Crippen molar-refractivity contribution < 1.29 is 13.2 Å². The monoisotopic (exact) mass is 352 g/mol. The Kier molecular flexibility index (Phi) is 6.04. The number of hydrogen-bond acceptors (Lipinski definition) is 3. The molecule has 0 saturated heterocycles. The van der Waals surface area contributed by atoms with Crippen molar-refractivity contribution in [2.45, 2.75) is 38.1 Å². The molecule has 0 aliphatic rings. The van der Waals surface area contributed by atoms with E-state index in [-0.39, 0.29) is 32.5 Å². The van der Waals surface area contributed by atoms with Crippen LogP contribution in [-0.2, 0) is 10.0 Å². The number of nitrogens with zero attached hydrogens (tertiary/aromatic N) is 1. The first-order chi connectivity index (χ1) is 9.59. The molecule has 8 heteroatoms. The Hall–Kier alpha value is -0.820. The van der Waals surface area contributed by atoms with Crippen LogP contribution in [0.15, 0.2) is 17.0 Å². The van der Waals surface area contributed by atoms with E-state index in [1.54, 1.807) is 4.90 Å². The Morgan fingerprint density at radius 3 is 2.33 bits per heavy atom. The molecule has 1 aromatic carbocycles. The van der Waals surface area contributed by atoms with Gasteiger partial charge in [0.15, 0.2) is 0 Å². The molecule has 118 valence electrons. The number of amides is 1. The lowest BCUT2D eigenvalue weighted by atomic mass is 10.1. The molecule has 0 fully saturated rings. The Morgan fingerprint density at radius 1 is 1.33 bits per heavy atom. The second kappa shape index (κ2) is 6.96. The van der Waals surface area contributed by atoms with Crippen LogP contribution in [0.3, 0.4) is 0 Å². The van der Waals surface area contributed by atoms with Crippen LogP contribution >= 0.6 is 23.2 Å². The SMILES string of the molecule is CCCN(C(=O)c1cc(Cl)cc(S(N)(=O)=O)c1Cl)C(C)C. The Bertz CT molecular complexity index is 645. The first-order valence-electron chi connectivity index (χ1n) is 6.42. The molecule has 1 amide bonds. The van der Waals surface area contributed by atoms with Gasteiger partial charge in [-0.3, -0.25) is 4.79 Å². The van der Waals surface area contributed by atoms with E-state index in [0.29, 0.717) is 6.54 Å². The third kappa shape index (κ3) is 4.32. The fourth-order valence-electron chi connectivity index (χ4n) is 1.92. The van der Waals surface area contributed by atoms with E-state index in [1.165, 1.54) is 6.07 Å². The molecule has 0 spiro atoms. The van der Waals surface area contributed by atoms with Crippen molar-refractivity contribution >= 4 is 39.1 Å². The van der Waals surface area contributed by atoms with E-state index in [4.69, 9.17) is 28.3 Å². The van der Waals surface area contributed by atoms with E-state index in [2.05, 4.69) is 0 Å². The smallest absolute Gasteiger partial charge is 0.255 e. The molecule has 2 N–H and O–H groups in total. The second-order valence-corrected chi connectivity index (χ2v) is 7.25. The van der Waals surface area contributed by atoms with Gasteiger partial charge in [0.05, 0.1) is 10.6 Å². The van der Waals surface area contributed by atoms with Crippen LogP contribution in [0.25, 0.3) is 0 Å². The molecule has 0 bridgehead atoms. The normalized spacial score (nSPS) is 11.8. The number of sulfonamides is 1. The van der Waals surface area contributed by atoms with Crippen molar-refractivity contribution in [3.63, 3.8) is 0 Å². The quantitative estimate of drug-likeness (QED) is 0.884. The minimum absolute atomic E-state index is 0.0374. The Balaban J connectivity index is 3.43. The molecule has 0 unspecified atom stereocenters. The summed E-state index contributed by atoms with van der Waals surface area (Å²) in [5.41, 5.74) is 0.0374. The predicted octanol–water partition coefficient (Wildman–Crippen LogP) is 2.90. The number of halogens is 2. The van der Waals surface area contributed by atoms with Crippen LogP contribution in [0, 0.1) is 0 Å². The van der Waals surface area contributed by atoms with Crippen LogP contribution in [0.1, 0.15) is 37.6 Å². The summed E-state index contributed by atoms with van der Waals surface area (Å²) in [6.07, 6.45) is 0.768. The highest BCUT2D eigenvalue weighted by Gasteiger charge is 2.25. The number of hydrogen-bond donors (Lipinski definition) is 1. The molecule has 1 rings (SSSR count). The van der Waals surface area contributed by atoms with Gasteiger partial charge in [-0.25, -0.2) is 13.6 Å². The van der Waals surface area contributed by atoms with E-state index < -0.39 is 10.0 Å².